The van der Waals surface area contributed by atoms with Crippen LogP contribution in [0, 0.1) is 5.92 Å². The van der Waals surface area contributed by atoms with Gasteiger partial charge in [0.1, 0.15) is 0 Å². The molecule has 1 heterocycles. The van der Waals surface area contributed by atoms with E-state index in [1.165, 1.54) is 0 Å². The molecule has 0 amide bonds. The quantitative estimate of drug-likeness (QED) is 0.756. The maximum absolute atomic E-state index is 5.95. The minimum atomic E-state index is 0.226. The Morgan fingerprint density at radius 2 is 1.95 bits per heavy atom. The van der Waals surface area contributed by atoms with Crippen LogP contribution in [0.15, 0.2) is 12.3 Å². The van der Waals surface area contributed by atoms with Gasteiger partial charge in [-0.3, -0.25) is 4.68 Å². The van der Waals surface area contributed by atoms with Crippen molar-refractivity contribution in [3.05, 3.63) is 18.0 Å². The Bertz CT molecular complexity index is 374. The lowest BCUT2D eigenvalue weighted by atomic mass is 9.95. The Balaban J connectivity index is 2.78. The summed E-state index contributed by atoms with van der Waals surface area (Å²) in [6.07, 6.45) is 3.20. The van der Waals surface area contributed by atoms with E-state index in [0.29, 0.717) is 18.0 Å². The molecule has 1 aromatic rings. The minimum Gasteiger partial charge on any atom is -0.377 e. The van der Waals surface area contributed by atoms with E-state index < -0.39 is 0 Å². The highest BCUT2D eigenvalue weighted by atomic mass is 16.5. The zero-order chi connectivity index (χ0) is 15.1. The third kappa shape index (κ3) is 4.91. The second-order valence-corrected chi connectivity index (χ2v) is 5.91. The van der Waals surface area contributed by atoms with Crippen LogP contribution >= 0.6 is 0 Å². The molecule has 2 atom stereocenters. The summed E-state index contributed by atoms with van der Waals surface area (Å²) < 4.78 is 7.96. The number of aromatic nitrogens is 2. The van der Waals surface area contributed by atoms with E-state index in [4.69, 9.17) is 4.74 Å². The van der Waals surface area contributed by atoms with E-state index in [1.807, 2.05) is 4.68 Å². The fraction of sp³-hybridized carbons (Fsp3) is 0.812. The fourth-order valence-corrected chi connectivity index (χ4v) is 2.53. The van der Waals surface area contributed by atoms with Crippen LogP contribution in [0.3, 0.4) is 0 Å². The van der Waals surface area contributed by atoms with Crippen LogP contribution in [0.5, 0.6) is 0 Å². The number of rotatable bonds is 9. The molecular formula is C16H31N3O. The Morgan fingerprint density at radius 3 is 2.40 bits per heavy atom. The molecule has 0 fully saturated rings. The average molecular weight is 281 g/mol. The fourth-order valence-electron chi connectivity index (χ4n) is 2.53. The third-order valence-corrected chi connectivity index (χ3v) is 3.50. The van der Waals surface area contributed by atoms with Crippen LogP contribution in [0.4, 0.5) is 0 Å². The van der Waals surface area contributed by atoms with Gasteiger partial charge >= 0.3 is 0 Å². The van der Waals surface area contributed by atoms with Gasteiger partial charge in [-0.05, 0) is 39.3 Å². The largest absolute Gasteiger partial charge is 0.377 e. The van der Waals surface area contributed by atoms with Crippen molar-refractivity contribution >= 4 is 0 Å². The summed E-state index contributed by atoms with van der Waals surface area (Å²) >= 11 is 0. The molecular weight excluding hydrogens is 250 g/mol. The Hall–Kier alpha value is -0.870. The molecule has 0 saturated heterocycles. The minimum absolute atomic E-state index is 0.226. The van der Waals surface area contributed by atoms with Crippen molar-refractivity contribution in [1.29, 1.82) is 0 Å². The second-order valence-electron chi connectivity index (χ2n) is 5.91. The van der Waals surface area contributed by atoms with Gasteiger partial charge in [-0.25, -0.2) is 0 Å². The lowest BCUT2D eigenvalue weighted by Gasteiger charge is -2.30. The van der Waals surface area contributed by atoms with E-state index in [-0.39, 0.29) is 6.10 Å². The predicted octanol–water partition coefficient (Wildman–Crippen LogP) is 3.05. The highest BCUT2D eigenvalue weighted by Crippen LogP contribution is 2.16. The topological polar surface area (TPSA) is 39.1 Å². The van der Waals surface area contributed by atoms with Gasteiger partial charge in [0.05, 0.1) is 11.8 Å². The molecule has 1 N–H and O–H groups in total. The molecule has 0 aliphatic rings. The molecule has 0 bridgehead atoms. The number of nitrogens with one attached hydrogen (secondary N) is 1. The van der Waals surface area contributed by atoms with Crippen molar-refractivity contribution in [2.45, 2.75) is 66.2 Å². The zero-order valence-corrected chi connectivity index (χ0v) is 13.9. The lowest BCUT2D eigenvalue weighted by Crippen LogP contribution is -2.45. The molecule has 20 heavy (non-hydrogen) atoms. The highest BCUT2D eigenvalue weighted by molar-refractivity contribution is 5.03. The molecule has 1 aromatic heterocycles. The number of nitrogens with zero attached hydrogens (tertiary/aromatic N) is 2. The molecule has 4 heteroatoms. The van der Waals surface area contributed by atoms with E-state index in [9.17, 15) is 0 Å². The molecule has 4 nitrogen and oxygen atoms in total. The van der Waals surface area contributed by atoms with E-state index in [0.717, 1.165) is 25.3 Å². The number of hydrogen-bond acceptors (Lipinski definition) is 3. The van der Waals surface area contributed by atoms with Crippen LogP contribution in [0.25, 0.3) is 0 Å². The standard InChI is InChI=1S/C16H31N3O/c1-7-17-15(16(12(3)4)20-8-2)11-14-9-10-19(18-14)13(5)6/h9-10,12-13,15-17H,7-8,11H2,1-6H3. The van der Waals surface area contributed by atoms with Crippen molar-refractivity contribution in [1.82, 2.24) is 15.1 Å². The molecule has 0 saturated carbocycles. The molecule has 116 valence electrons. The van der Waals surface area contributed by atoms with Crippen LogP contribution in [0.1, 0.15) is 53.3 Å². The first-order valence-corrected chi connectivity index (χ1v) is 7.88. The van der Waals surface area contributed by atoms with Gasteiger partial charge in [0.15, 0.2) is 0 Å². The van der Waals surface area contributed by atoms with Gasteiger partial charge in [0.2, 0.25) is 0 Å². The summed E-state index contributed by atoms with van der Waals surface area (Å²) in [6, 6.07) is 2.85. The maximum Gasteiger partial charge on any atom is 0.0754 e. The average Bonchev–Trinajstić information content (AvgIpc) is 2.84. The van der Waals surface area contributed by atoms with Crippen LogP contribution in [0.2, 0.25) is 0 Å². The van der Waals surface area contributed by atoms with Gasteiger partial charge in [-0.2, -0.15) is 5.10 Å². The van der Waals surface area contributed by atoms with E-state index in [1.54, 1.807) is 0 Å². The van der Waals surface area contributed by atoms with Crippen molar-refractivity contribution in [2.24, 2.45) is 5.92 Å². The van der Waals surface area contributed by atoms with Gasteiger partial charge in [-0.1, -0.05) is 20.8 Å². The van der Waals surface area contributed by atoms with Crippen molar-refractivity contribution in [3.63, 3.8) is 0 Å². The first-order valence-electron chi connectivity index (χ1n) is 7.88. The molecule has 0 aromatic carbocycles. The van der Waals surface area contributed by atoms with Crippen molar-refractivity contribution in [2.75, 3.05) is 13.2 Å². The summed E-state index contributed by atoms with van der Waals surface area (Å²) in [5, 5.41) is 8.22. The molecule has 1 rings (SSSR count). The summed E-state index contributed by atoms with van der Waals surface area (Å²) in [7, 11) is 0. The Labute approximate surface area is 123 Å². The van der Waals surface area contributed by atoms with Crippen LogP contribution < -0.4 is 5.32 Å². The second kappa shape index (κ2) is 8.42. The molecule has 0 aliphatic heterocycles. The number of ether oxygens (including phenoxy) is 1. The van der Waals surface area contributed by atoms with Crippen molar-refractivity contribution in [3.8, 4) is 0 Å². The van der Waals surface area contributed by atoms with Gasteiger partial charge < -0.3 is 10.1 Å². The van der Waals surface area contributed by atoms with Gasteiger partial charge in [-0.15, -0.1) is 0 Å². The summed E-state index contributed by atoms with van der Waals surface area (Å²) in [6.45, 7) is 14.6. The van der Waals surface area contributed by atoms with Crippen LogP contribution in [-0.2, 0) is 11.2 Å². The SMILES string of the molecule is CCNC(Cc1ccn(C(C)C)n1)C(OCC)C(C)C. The maximum atomic E-state index is 5.95. The van der Waals surface area contributed by atoms with Gasteiger partial charge in [0, 0.05) is 31.3 Å². The zero-order valence-electron chi connectivity index (χ0n) is 13.9. The third-order valence-electron chi connectivity index (χ3n) is 3.50. The predicted molar refractivity (Wildman–Crippen MR) is 84.0 cm³/mol. The van der Waals surface area contributed by atoms with E-state index in [2.05, 4.69) is 64.2 Å². The van der Waals surface area contributed by atoms with Gasteiger partial charge in [0.25, 0.3) is 0 Å². The number of hydrogen-bond donors (Lipinski definition) is 1. The molecule has 0 radical (unpaired) electrons. The van der Waals surface area contributed by atoms with Crippen molar-refractivity contribution < 1.29 is 4.74 Å². The Morgan fingerprint density at radius 1 is 1.25 bits per heavy atom. The number of likely N-dealkylation sites (N-methyl/N-ethyl adjacent to an activating group) is 1. The first-order chi connectivity index (χ1) is 9.49. The molecule has 2 unspecified atom stereocenters. The normalized spacial score (nSPS) is 15.0. The first kappa shape index (κ1) is 17.2. The van der Waals surface area contributed by atoms with Crippen LogP contribution in [-0.4, -0.2) is 35.1 Å². The summed E-state index contributed by atoms with van der Waals surface area (Å²) in [5.74, 6) is 0.492. The highest BCUT2D eigenvalue weighted by Gasteiger charge is 2.25. The van der Waals surface area contributed by atoms with E-state index >= 15 is 0 Å². The summed E-state index contributed by atoms with van der Waals surface area (Å²) in [4.78, 5) is 0. The molecule has 0 aliphatic carbocycles. The smallest absolute Gasteiger partial charge is 0.0754 e. The Kier molecular flexibility index (Phi) is 7.24. The molecule has 0 spiro atoms. The lowest BCUT2D eigenvalue weighted by molar-refractivity contribution is 0.00371. The monoisotopic (exact) mass is 281 g/mol. The summed E-state index contributed by atoms with van der Waals surface area (Å²) in [5.41, 5.74) is 1.13.